The number of hydrogen-bond donors (Lipinski definition) is 2. The monoisotopic (exact) mass is 234 g/mol. The highest BCUT2D eigenvalue weighted by atomic mass is 15.2. The van der Waals surface area contributed by atoms with Gasteiger partial charge in [-0.1, -0.05) is 32.1 Å². The number of nitrogens with one attached hydrogen (secondary N) is 1. The van der Waals surface area contributed by atoms with E-state index in [2.05, 4.69) is 15.4 Å². The minimum absolute atomic E-state index is 0.154. The van der Waals surface area contributed by atoms with Gasteiger partial charge in [0.05, 0.1) is 17.9 Å². The molecular formula is C13H22N4. The highest BCUT2D eigenvalue weighted by Gasteiger charge is 2.23. The van der Waals surface area contributed by atoms with Crippen LogP contribution in [0.4, 0.5) is 0 Å². The summed E-state index contributed by atoms with van der Waals surface area (Å²) >= 11 is 0. The number of nitrogens with two attached hydrogens (primary N) is 1. The standard InChI is InChI=1S/C13H22N4/c14-17-13(12-10-15-8-9-16-12)11-6-4-2-1-3-5-7-11/h8-11,13,17H,1-7,14H2. The summed E-state index contributed by atoms with van der Waals surface area (Å²) in [6, 6.07) is 0.154. The van der Waals surface area contributed by atoms with Crippen molar-refractivity contribution in [3.05, 3.63) is 24.3 Å². The maximum absolute atomic E-state index is 5.71. The van der Waals surface area contributed by atoms with Gasteiger partial charge >= 0.3 is 0 Å². The van der Waals surface area contributed by atoms with Crippen LogP contribution < -0.4 is 11.3 Å². The molecule has 2 rings (SSSR count). The van der Waals surface area contributed by atoms with Crippen LogP contribution in [0.25, 0.3) is 0 Å². The third-order valence-electron chi connectivity index (χ3n) is 3.70. The van der Waals surface area contributed by atoms with Crippen LogP contribution in [-0.4, -0.2) is 9.97 Å². The average Bonchev–Trinajstić information content (AvgIpc) is 2.34. The summed E-state index contributed by atoms with van der Waals surface area (Å²) in [5, 5.41) is 0. The highest BCUT2D eigenvalue weighted by molar-refractivity contribution is 5.03. The zero-order chi connectivity index (χ0) is 11.9. The Bertz CT molecular complexity index is 306. The van der Waals surface area contributed by atoms with E-state index in [0.29, 0.717) is 5.92 Å². The van der Waals surface area contributed by atoms with Gasteiger partial charge in [-0.15, -0.1) is 0 Å². The lowest BCUT2D eigenvalue weighted by Crippen LogP contribution is -2.34. The van der Waals surface area contributed by atoms with Crippen LogP contribution in [0.1, 0.15) is 56.7 Å². The summed E-state index contributed by atoms with van der Waals surface area (Å²) in [6.45, 7) is 0. The molecule has 3 N–H and O–H groups in total. The molecule has 1 aliphatic carbocycles. The van der Waals surface area contributed by atoms with Crippen molar-refractivity contribution >= 4 is 0 Å². The van der Waals surface area contributed by atoms with Crippen molar-refractivity contribution in [1.82, 2.24) is 15.4 Å². The van der Waals surface area contributed by atoms with Gasteiger partial charge in [-0.05, 0) is 18.8 Å². The van der Waals surface area contributed by atoms with Gasteiger partial charge in [0, 0.05) is 12.4 Å². The fraction of sp³-hybridized carbons (Fsp3) is 0.692. The molecule has 1 heterocycles. The fourth-order valence-corrected chi connectivity index (χ4v) is 2.76. The molecule has 1 fully saturated rings. The van der Waals surface area contributed by atoms with Crippen LogP contribution in [0.3, 0.4) is 0 Å². The fourth-order valence-electron chi connectivity index (χ4n) is 2.76. The normalized spacial score (nSPS) is 20.5. The van der Waals surface area contributed by atoms with Gasteiger partial charge in [-0.25, -0.2) is 0 Å². The number of nitrogens with zero attached hydrogens (tertiary/aromatic N) is 2. The molecule has 0 spiro atoms. The third-order valence-corrected chi connectivity index (χ3v) is 3.70. The van der Waals surface area contributed by atoms with E-state index in [0.717, 1.165) is 5.69 Å². The molecule has 4 nitrogen and oxygen atoms in total. The first-order chi connectivity index (χ1) is 8.42. The molecular weight excluding hydrogens is 212 g/mol. The molecule has 0 aromatic carbocycles. The van der Waals surface area contributed by atoms with Crippen LogP contribution in [0, 0.1) is 5.92 Å². The smallest absolute Gasteiger partial charge is 0.0772 e. The first-order valence-electron chi connectivity index (χ1n) is 6.64. The van der Waals surface area contributed by atoms with E-state index >= 15 is 0 Å². The zero-order valence-corrected chi connectivity index (χ0v) is 10.3. The second-order valence-electron chi connectivity index (χ2n) is 4.88. The Morgan fingerprint density at radius 1 is 1.12 bits per heavy atom. The maximum atomic E-state index is 5.71. The molecule has 4 heteroatoms. The summed E-state index contributed by atoms with van der Waals surface area (Å²) in [5.41, 5.74) is 3.91. The molecule has 0 bridgehead atoms. The molecule has 1 aliphatic rings. The van der Waals surface area contributed by atoms with Crippen molar-refractivity contribution in [2.45, 2.75) is 51.0 Å². The van der Waals surface area contributed by atoms with Gasteiger partial charge in [0.25, 0.3) is 0 Å². The van der Waals surface area contributed by atoms with Gasteiger partial charge in [0.2, 0.25) is 0 Å². The van der Waals surface area contributed by atoms with Crippen molar-refractivity contribution in [3.63, 3.8) is 0 Å². The molecule has 1 aromatic heterocycles. The Hall–Kier alpha value is -1.00. The van der Waals surface area contributed by atoms with E-state index in [1.807, 2.05) is 6.20 Å². The van der Waals surface area contributed by atoms with Crippen molar-refractivity contribution in [2.24, 2.45) is 11.8 Å². The molecule has 1 unspecified atom stereocenters. The summed E-state index contributed by atoms with van der Waals surface area (Å²) in [7, 11) is 0. The molecule has 17 heavy (non-hydrogen) atoms. The van der Waals surface area contributed by atoms with E-state index in [-0.39, 0.29) is 6.04 Å². The second-order valence-corrected chi connectivity index (χ2v) is 4.88. The number of aromatic nitrogens is 2. The van der Waals surface area contributed by atoms with E-state index in [1.165, 1.54) is 44.9 Å². The Morgan fingerprint density at radius 2 is 1.82 bits per heavy atom. The molecule has 0 aliphatic heterocycles. The quantitative estimate of drug-likeness (QED) is 0.622. The Labute approximate surface area is 103 Å². The lowest BCUT2D eigenvalue weighted by molar-refractivity contribution is 0.286. The molecule has 1 aromatic rings. The van der Waals surface area contributed by atoms with E-state index < -0.39 is 0 Å². The number of hydrazine groups is 1. The Morgan fingerprint density at radius 3 is 2.41 bits per heavy atom. The predicted octanol–water partition coefficient (Wildman–Crippen LogP) is 2.34. The Kier molecular flexibility index (Phi) is 4.88. The van der Waals surface area contributed by atoms with Crippen LogP contribution in [-0.2, 0) is 0 Å². The van der Waals surface area contributed by atoms with E-state index in [4.69, 9.17) is 5.84 Å². The minimum Gasteiger partial charge on any atom is -0.271 e. The molecule has 1 saturated carbocycles. The zero-order valence-electron chi connectivity index (χ0n) is 10.3. The maximum Gasteiger partial charge on any atom is 0.0772 e. The van der Waals surface area contributed by atoms with Gasteiger partial charge in [-0.3, -0.25) is 21.2 Å². The van der Waals surface area contributed by atoms with Crippen LogP contribution in [0.5, 0.6) is 0 Å². The minimum atomic E-state index is 0.154. The van der Waals surface area contributed by atoms with E-state index in [1.54, 1.807) is 12.4 Å². The van der Waals surface area contributed by atoms with Gasteiger partial charge in [-0.2, -0.15) is 0 Å². The highest BCUT2D eigenvalue weighted by Crippen LogP contribution is 2.31. The predicted molar refractivity (Wildman–Crippen MR) is 67.9 cm³/mol. The van der Waals surface area contributed by atoms with Gasteiger partial charge in [0.15, 0.2) is 0 Å². The summed E-state index contributed by atoms with van der Waals surface area (Å²) in [5.74, 6) is 6.30. The van der Waals surface area contributed by atoms with Crippen LogP contribution in [0.15, 0.2) is 18.6 Å². The van der Waals surface area contributed by atoms with Crippen LogP contribution >= 0.6 is 0 Å². The summed E-state index contributed by atoms with van der Waals surface area (Å²) in [6.07, 6.45) is 14.5. The summed E-state index contributed by atoms with van der Waals surface area (Å²) < 4.78 is 0. The largest absolute Gasteiger partial charge is 0.271 e. The molecule has 94 valence electrons. The van der Waals surface area contributed by atoms with Gasteiger partial charge in [0.1, 0.15) is 0 Å². The lowest BCUT2D eigenvalue weighted by atomic mass is 9.85. The van der Waals surface area contributed by atoms with E-state index in [9.17, 15) is 0 Å². The Balaban J connectivity index is 2.05. The van der Waals surface area contributed by atoms with Gasteiger partial charge < -0.3 is 0 Å². The van der Waals surface area contributed by atoms with Crippen LogP contribution in [0.2, 0.25) is 0 Å². The third kappa shape index (κ3) is 3.48. The number of hydrogen-bond acceptors (Lipinski definition) is 4. The SMILES string of the molecule is NNC(c1cnccn1)C1CCCCCCC1. The summed E-state index contributed by atoms with van der Waals surface area (Å²) in [4.78, 5) is 8.51. The second kappa shape index (κ2) is 6.67. The molecule has 0 amide bonds. The molecule has 0 radical (unpaired) electrons. The average molecular weight is 234 g/mol. The van der Waals surface area contributed by atoms with Crippen molar-refractivity contribution in [2.75, 3.05) is 0 Å². The molecule has 1 atom stereocenters. The molecule has 0 saturated heterocycles. The first-order valence-corrected chi connectivity index (χ1v) is 6.64. The first kappa shape index (κ1) is 12.5. The topological polar surface area (TPSA) is 63.8 Å². The number of rotatable bonds is 3. The van der Waals surface area contributed by atoms with Crippen molar-refractivity contribution < 1.29 is 0 Å². The van der Waals surface area contributed by atoms with Crippen molar-refractivity contribution in [3.8, 4) is 0 Å². The lowest BCUT2D eigenvalue weighted by Gasteiger charge is -2.27. The van der Waals surface area contributed by atoms with Crippen molar-refractivity contribution in [1.29, 1.82) is 0 Å².